The molecule has 1 fully saturated rings. The molecule has 1 aliphatic rings. The molecular weight excluding hydrogens is 448 g/mol. The van der Waals surface area contributed by atoms with Crippen LogP contribution in [0.3, 0.4) is 0 Å². The number of alkyl halides is 4. The molecule has 3 heterocycles. The molecule has 0 unspecified atom stereocenters. The van der Waals surface area contributed by atoms with Crippen LogP contribution in [0.2, 0.25) is 0 Å². The Morgan fingerprint density at radius 1 is 1.03 bits per heavy atom. The average Bonchev–Trinajstić information content (AvgIpc) is 3.42. The van der Waals surface area contributed by atoms with Crippen LogP contribution in [-0.2, 0) is 12.5 Å². The molecule has 0 N–H and O–H groups in total. The number of hydrogen-bond donors (Lipinski definition) is 0. The SMILES string of the molecule is C=Cc1ccccc1Cn1nnc2c(N3CCC(F)(F)C3)nc(C(F)(F)c3ccccc3)nc21. The van der Waals surface area contributed by atoms with E-state index in [0.717, 1.165) is 11.1 Å². The maximum atomic E-state index is 15.5. The molecule has 0 saturated carbocycles. The lowest BCUT2D eigenvalue weighted by Gasteiger charge is -2.21. The van der Waals surface area contributed by atoms with Gasteiger partial charge in [0.05, 0.1) is 13.1 Å². The van der Waals surface area contributed by atoms with E-state index in [-0.39, 0.29) is 35.6 Å². The van der Waals surface area contributed by atoms with E-state index in [1.807, 2.05) is 24.3 Å². The Labute approximate surface area is 192 Å². The fraction of sp³-hybridized carbons (Fsp3) is 0.250. The van der Waals surface area contributed by atoms with Crippen molar-refractivity contribution in [2.75, 3.05) is 18.0 Å². The summed E-state index contributed by atoms with van der Waals surface area (Å²) in [5.41, 5.74) is 1.51. The van der Waals surface area contributed by atoms with Gasteiger partial charge in [0.2, 0.25) is 5.82 Å². The summed E-state index contributed by atoms with van der Waals surface area (Å²) in [4.78, 5) is 9.46. The van der Waals surface area contributed by atoms with Crippen LogP contribution in [0.5, 0.6) is 0 Å². The Balaban J connectivity index is 1.67. The van der Waals surface area contributed by atoms with Crippen molar-refractivity contribution in [1.82, 2.24) is 25.0 Å². The highest BCUT2D eigenvalue weighted by Crippen LogP contribution is 2.38. The molecule has 174 valence electrons. The highest BCUT2D eigenvalue weighted by molar-refractivity contribution is 5.83. The first-order valence-electron chi connectivity index (χ1n) is 10.7. The van der Waals surface area contributed by atoms with Crippen molar-refractivity contribution in [3.8, 4) is 0 Å². The monoisotopic (exact) mass is 468 g/mol. The molecule has 0 radical (unpaired) electrons. The van der Waals surface area contributed by atoms with E-state index in [0.29, 0.717) is 0 Å². The Kier molecular flexibility index (Phi) is 5.30. The van der Waals surface area contributed by atoms with Crippen molar-refractivity contribution < 1.29 is 17.6 Å². The quantitative estimate of drug-likeness (QED) is 0.377. The lowest BCUT2D eigenvalue weighted by molar-refractivity contribution is 0.0256. The topological polar surface area (TPSA) is 59.7 Å². The summed E-state index contributed by atoms with van der Waals surface area (Å²) in [6.07, 6.45) is 1.28. The van der Waals surface area contributed by atoms with Gasteiger partial charge >= 0.3 is 5.92 Å². The van der Waals surface area contributed by atoms with Gasteiger partial charge in [-0.2, -0.15) is 8.78 Å². The lowest BCUT2D eigenvalue weighted by Crippen LogP contribution is -2.28. The molecule has 2 aromatic heterocycles. The van der Waals surface area contributed by atoms with Crippen LogP contribution in [0.4, 0.5) is 23.4 Å². The van der Waals surface area contributed by atoms with Crippen molar-refractivity contribution in [3.05, 3.63) is 83.7 Å². The molecule has 4 aromatic rings. The maximum Gasteiger partial charge on any atom is 0.331 e. The molecule has 0 aliphatic carbocycles. The molecule has 0 amide bonds. The van der Waals surface area contributed by atoms with Crippen molar-refractivity contribution >= 4 is 23.1 Å². The normalized spacial score (nSPS) is 15.7. The molecular formula is C24H20F4N6. The minimum absolute atomic E-state index is 0.0401. The second kappa shape index (κ2) is 8.19. The van der Waals surface area contributed by atoms with Gasteiger partial charge in [0.25, 0.3) is 5.92 Å². The predicted octanol–water partition coefficient (Wildman–Crippen LogP) is 4.90. The standard InChI is InChI=1S/C24H20F4N6/c1-2-16-8-6-7-9-17(16)14-34-21-19(31-32-34)20(33-13-12-23(25,26)15-33)29-22(30-21)24(27,28)18-10-4-3-5-11-18/h2-11H,1,12-15H2. The van der Waals surface area contributed by atoms with Gasteiger partial charge in [-0.3, -0.25) is 0 Å². The first kappa shape index (κ1) is 22.0. The van der Waals surface area contributed by atoms with Crippen molar-refractivity contribution in [2.24, 2.45) is 0 Å². The Morgan fingerprint density at radius 3 is 2.47 bits per heavy atom. The van der Waals surface area contributed by atoms with Gasteiger partial charge in [-0.05, 0) is 11.1 Å². The highest BCUT2D eigenvalue weighted by atomic mass is 19.3. The Hall–Kier alpha value is -3.82. The third kappa shape index (κ3) is 3.89. The van der Waals surface area contributed by atoms with E-state index in [4.69, 9.17) is 0 Å². The smallest absolute Gasteiger partial charge is 0.331 e. The first-order valence-corrected chi connectivity index (χ1v) is 10.7. The molecule has 2 aromatic carbocycles. The van der Waals surface area contributed by atoms with Crippen LogP contribution >= 0.6 is 0 Å². The fourth-order valence-electron chi connectivity index (χ4n) is 4.04. The van der Waals surface area contributed by atoms with E-state index < -0.39 is 30.6 Å². The molecule has 1 aliphatic heterocycles. The van der Waals surface area contributed by atoms with Gasteiger partial charge in [0.15, 0.2) is 17.0 Å². The molecule has 34 heavy (non-hydrogen) atoms. The summed E-state index contributed by atoms with van der Waals surface area (Å²) in [6.45, 7) is 3.30. The van der Waals surface area contributed by atoms with E-state index in [1.165, 1.54) is 33.8 Å². The summed E-state index contributed by atoms with van der Waals surface area (Å²) in [7, 11) is 0. The number of benzene rings is 2. The largest absolute Gasteiger partial charge is 0.348 e. The van der Waals surface area contributed by atoms with Crippen LogP contribution in [0.25, 0.3) is 17.2 Å². The number of aromatic nitrogens is 5. The van der Waals surface area contributed by atoms with Gasteiger partial charge in [-0.1, -0.05) is 72.5 Å². The van der Waals surface area contributed by atoms with Crippen molar-refractivity contribution in [1.29, 1.82) is 0 Å². The zero-order valence-corrected chi connectivity index (χ0v) is 18.0. The summed E-state index contributed by atoms with van der Waals surface area (Å²) in [5.74, 6) is -7.37. The van der Waals surface area contributed by atoms with E-state index in [1.54, 1.807) is 12.1 Å². The third-order valence-corrected chi connectivity index (χ3v) is 5.83. The third-order valence-electron chi connectivity index (χ3n) is 5.83. The second-order valence-electron chi connectivity index (χ2n) is 8.16. The van der Waals surface area contributed by atoms with Gasteiger partial charge < -0.3 is 4.90 Å². The van der Waals surface area contributed by atoms with Gasteiger partial charge in [0, 0.05) is 18.5 Å². The highest BCUT2D eigenvalue weighted by Gasteiger charge is 2.43. The number of fused-ring (bicyclic) bond motifs is 1. The van der Waals surface area contributed by atoms with E-state index in [2.05, 4.69) is 26.9 Å². The predicted molar refractivity (Wildman–Crippen MR) is 120 cm³/mol. The first-order chi connectivity index (χ1) is 16.3. The molecule has 0 bridgehead atoms. The number of nitrogens with zero attached hydrogens (tertiary/aromatic N) is 6. The fourth-order valence-corrected chi connectivity index (χ4v) is 4.04. The summed E-state index contributed by atoms with van der Waals surface area (Å²) < 4.78 is 60.2. The van der Waals surface area contributed by atoms with Crippen LogP contribution in [0.1, 0.15) is 28.9 Å². The minimum Gasteiger partial charge on any atom is -0.348 e. The van der Waals surface area contributed by atoms with Crippen LogP contribution in [0, 0.1) is 0 Å². The second-order valence-corrected chi connectivity index (χ2v) is 8.16. The average molecular weight is 468 g/mol. The molecule has 6 nitrogen and oxygen atoms in total. The van der Waals surface area contributed by atoms with Crippen LogP contribution < -0.4 is 4.90 Å². The van der Waals surface area contributed by atoms with E-state index >= 15 is 8.78 Å². The zero-order valence-electron chi connectivity index (χ0n) is 18.0. The van der Waals surface area contributed by atoms with Gasteiger partial charge in [-0.25, -0.2) is 23.4 Å². The van der Waals surface area contributed by atoms with E-state index in [9.17, 15) is 8.78 Å². The number of halogens is 4. The Morgan fingerprint density at radius 2 is 1.76 bits per heavy atom. The summed E-state index contributed by atoms with van der Waals surface area (Å²) in [5, 5.41) is 8.19. The number of hydrogen-bond acceptors (Lipinski definition) is 5. The van der Waals surface area contributed by atoms with Crippen molar-refractivity contribution in [2.45, 2.75) is 24.8 Å². The van der Waals surface area contributed by atoms with Crippen molar-refractivity contribution in [3.63, 3.8) is 0 Å². The van der Waals surface area contributed by atoms with Gasteiger partial charge in [0.1, 0.15) is 0 Å². The molecule has 1 saturated heterocycles. The minimum atomic E-state index is -3.55. The lowest BCUT2D eigenvalue weighted by atomic mass is 10.1. The molecule has 0 atom stereocenters. The van der Waals surface area contributed by atoms with Crippen LogP contribution in [-0.4, -0.2) is 44.0 Å². The zero-order chi connectivity index (χ0) is 23.9. The Bertz CT molecular complexity index is 1350. The molecule has 5 rings (SSSR count). The van der Waals surface area contributed by atoms with Crippen LogP contribution in [0.15, 0.2) is 61.2 Å². The maximum absolute atomic E-state index is 15.5. The molecule has 0 spiro atoms. The number of rotatable bonds is 6. The summed E-state index contributed by atoms with van der Waals surface area (Å²) in [6, 6.07) is 14.5. The van der Waals surface area contributed by atoms with Gasteiger partial charge in [-0.15, -0.1) is 5.10 Å². The summed E-state index contributed by atoms with van der Waals surface area (Å²) >= 11 is 0. The number of anilines is 1. The molecule has 10 heteroatoms.